The lowest BCUT2D eigenvalue weighted by Gasteiger charge is -2.31. The van der Waals surface area contributed by atoms with Crippen LogP contribution < -0.4 is 0 Å². The maximum absolute atomic E-state index is 2.47. The molecule has 1 atom stereocenters. The van der Waals surface area contributed by atoms with Crippen LogP contribution in [0.3, 0.4) is 0 Å². The smallest absolute Gasteiger partial charge is 0.101 e. The molecule has 0 amide bonds. The third-order valence-electron chi connectivity index (χ3n) is 2.61. The van der Waals surface area contributed by atoms with E-state index in [1.54, 1.807) is 0 Å². The first kappa shape index (κ1) is 10.4. The predicted octanol–water partition coefficient (Wildman–Crippen LogP) is 2.63. The number of hydrogen-bond acceptors (Lipinski definition) is 2. The fraction of sp³-hybridized carbons (Fsp3) is 0.818. The van der Waals surface area contributed by atoms with Crippen LogP contribution in [0.5, 0.6) is 0 Å². The molecule has 13 heavy (non-hydrogen) atoms. The Bertz CT molecular complexity index is 165. The van der Waals surface area contributed by atoms with Crippen LogP contribution in [0.1, 0.15) is 40.0 Å². The Balaban J connectivity index is 2.50. The van der Waals surface area contributed by atoms with E-state index < -0.39 is 0 Å². The van der Waals surface area contributed by atoms with Crippen LogP contribution in [0, 0.1) is 0 Å². The Morgan fingerprint density at radius 1 is 1.00 bits per heavy atom. The molecule has 0 aromatic rings. The van der Waals surface area contributed by atoms with Crippen molar-refractivity contribution in [2.45, 2.75) is 46.2 Å². The van der Waals surface area contributed by atoms with Crippen LogP contribution in [0.25, 0.3) is 0 Å². The van der Waals surface area contributed by atoms with E-state index in [4.69, 9.17) is 0 Å². The highest BCUT2D eigenvalue weighted by atomic mass is 15.4. The SMILES string of the molecule is CCCC1N(CC)C=CN1CCC. The van der Waals surface area contributed by atoms with E-state index in [-0.39, 0.29) is 0 Å². The average molecular weight is 182 g/mol. The third-order valence-corrected chi connectivity index (χ3v) is 2.61. The van der Waals surface area contributed by atoms with Crippen molar-refractivity contribution in [1.29, 1.82) is 0 Å². The van der Waals surface area contributed by atoms with Crippen molar-refractivity contribution < 1.29 is 0 Å². The largest absolute Gasteiger partial charge is 0.356 e. The highest BCUT2D eigenvalue weighted by Crippen LogP contribution is 2.19. The lowest BCUT2D eigenvalue weighted by molar-refractivity contribution is 0.147. The predicted molar refractivity (Wildman–Crippen MR) is 57.2 cm³/mol. The van der Waals surface area contributed by atoms with Crippen LogP contribution in [0.4, 0.5) is 0 Å². The number of nitrogens with zero attached hydrogens (tertiary/aromatic N) is 2. The molecule has 0 N–H and O–H groups in total. The zero-order valence-corrected chi connectivity index (χ0v) is 9.16. The molecule has 0 saturated heterocycles. The quantitative estimate of drug-likeness (QED) is 0.645. The summed E-state index contributed by atoms with van der Waals surface area (Å²) in [5.41, 5.74) is 0. The van der Waals surface area contributed by atoms with Crippen molar-refractivity contribution in [2.75, 3.05) is 13.1 Å². The van der Waals surface area contributed by atoms with Crippen LogP contribution in [-0.4, -0.2) is 29.1 Å². The minimum Gasteiger partial charge on any atom is -0.356 e. The maximum Gasteiger partial charge on any atom is 0.101 e. The maximum atomic E-state index is 2.47. The second kappa shape index (κ2) is 5.15. The first-order valence-electron chi connectivity index (χ1n) is 5.53. The Kier molecular flexibility index (Phi) is 4.13. The Morgan fingerprint density at radius 2 is 1.69 bits per heavy atom. The van der Waals surface area contributed by atoms with Gasteiger partial charge >= 0.3 is 0 Å². The van der Waals surface area contributed by atoms with Crippen LogP contribution >= 0.6 is 0 Å². The molecule has 0 fully saturated rings. The summed E-state index contributed by atoms with van der Waals surface area (Å²) in [6.45, 7) is 9.04. The molecule has 0 aromatic carbocycles. The molecule has 1 unspecified atom stereocenters. The highest BCUT2D eigenvalue weighted by Gasteiger charge is 2.22. The van der Waals surface area contributed by atoms with Crippen molar-refractivity contribution >= 4 is 0 Å². The van der Waals surface area contributed by atoms with Crippen molar-refractivity contribution in [1.82, 2.24) is 9.80 Å². The molecule has 2 nitrogen and oxygen atoms in total. The molecule has 1 aliphatic heterocycles. The molecule has 1 aliphatic rings. The molecular weight excluding hydrogens is 160 g/mol. The van der Waals surface area contributed by atoms with E-state index in [2.05, 4.69) is 43.0 Å². The summed E-state index contributed by atoms with van der Waals surface area (Å²) in [7, 11) is 0. The Labute approximate surface area is 82.2 Å². The van der Waals surface area contributed by atoms with E-state index in [0.717, 1.165) is 6.54 Å². The van der Waals surface area contributed by atoms with E-state index >= 15 is 0 Å². The summed E-state index contributed by atoms with van der Waals surface area (Å²) in [5.74, 6) is 0. The topological polar surface area (TPSA) is 6.48 Å². The Hall–Kier alpha value is -0.660. The summed E-state index contributed by atoms with van der Waals surface area (Å²) < 4.78 is 0. The number of rotatable bonds is 5. The van der Waals surface area contributed by atoms with Gasteiger partial charge in [-0.1, -0.05) is 20.3 Å². The van der Waals surface area contributed by atoms with E-state index in [1.165, 1.54) is 25.8 Å². The van der Waals surface area contributed by atoms with E-state index in [9.17, 15) is 0 Å². The van der Waals surface area contributed by atoms with Gasteiger partial charge in [-0.3, -0.25) is 0 Å². The monoisotopic (exact) mass is 182 g/mol. The van der Waals surface area contributed by atoms with Gasteiger partial charge in [-0.05, 0) is 19.8 Å². The molecule has 0 saturated carbocycles. The summed E-state index contributed by atoms with van der Waals surface area (Å²) in [5, 5.41) is 0. The standard InChI is InChI=1S/C11H22N2/c1-4-7-11-12(6-3)9-10-13(11)8-5-2/h9-11H,4-8H2,1-3H3. The third kappa shape index (κ3) is 2.39. The minimum atomic E-state index is 0.634. The molecule has 0 spiro atoms. The summed E-state index contributed by atoms with van der Waals surface area (Å²) in [4.78, 5) is 4.89. The molecule has 1 heterocycles. The van der Waals surface area contributed by atoms with Gasteiger partial charge in [0.2, 0.25) is 0 Å². The van der Waals surface area contributed by atoms with Gasteiger partial charge < -0.3 is 9.80 Å². The van der Waals surface area contributed by atoms with Gasteiger partial charge in [-0.2, -0.15) is 0 Å². The van der Waals surface area contributed by atoms with E-state index in [0.29, 0.717) is 6.17 Å². The normalized spacial score (nSPS) is 21.6. The molecule has 0 bridgehead atoms. The minimum absolute atomic E-state index is 0.634. The lowest BCUT2D eigenvalue weighted by atomic mass is 10.2. The van der Waals surface area contributed by atoms with Crippen molar-refractivity contribution in [3.05, 3.63) is 12.4 Å². The first-order valence-corrected chi connectivity index (χ1v) is 5.53. The van der Waals surface area contributed by atoms with Gasteiger partial charge in [0.05, 0.1) is 0 Å². The number of hydrogen-bond donors (Lipinski definition) is 0. The zero-order valence-electron chi connectivity index (χ0n) is 9.16. The van der Waals surface area contributed by atoms with Crippen molar-refractivity contribution in [3.63, 3.8) is 0 Å². The first-order chi connectivity index (χ1) is 6.33. The van der Waals surface area contributed by atoms with Gasteiger partial charge in [0.1, 0.15) is 6.17 Å². The molecule has 0 radical (unpaired) electrons. The van der Waals surface area contributed by atoms with Gasteiger partial charge in [-0.25, -0.2) is 0 Å². The molecular formula is C11H22N2. The van der Waals surface area contributed by atoms with Gasteiger partial charge in [-0.15, -0.1) is 0 Å². The fourth-order valence-electron chi connectivity index (χ4n) is 1.95. The summed E-state index contributed by atoms with van der Waals surface area (Å²) in [6, 6.07) is 0. The van der Waals surface area contributed by atoms with E-state index in [1.807, 2.05) is 0 Å². The van der Waals surface area contributed by atoms with Crippen LogP contribution in [0.2, 0.25) is 0 Å². The van der Waals surface area contributed by atoms with Crippen LogP contribution in [0.15, 0.2) is 12.4 Å². The second-order valence-corrected chi connectivity index (χ2v) is 3.64. The van der Waals surface area contributed by atoms with Gasteiger partial charge in [0.25, 0.3) is 0 Å². The molecule has 2 heteroatoms. The molecule has 0 aliphatic carbocycles. The average Bonchev–Trinajstić information content (AvgIpc) is 2.50. The van der Waals surface area contributed by atoms with Gasteiger partial charge in [0.15, 0.2) is 0 Å². The lowest BCUT2D eigenvalue weighted by Crippen LogP contribution is -2.38. The summed E-state index contributed by atoms with van der Waals surface area (Å²) >= 11 is 0. The molecule has 1 rings (SSSR count). The summed E-state index contributed by atoms with van der Waals surface area (Å²) in [6.07, 6.45) is 8.89. The molecule has 0 aromatic heterocycles. The highest BCUT2D eigenvalue weighted by molar-refractivity contribution is 4.96. The Morgan fingerprint density at radius 3 is 2.23 bits per heavy atom. The van der Waals surface area contributed by atoms with Crippen LogP contribution in [-0.2, 0) is 0 Å². The second-order valence-electron chi connectivity index (χ2n) is 3.64. The molecule has 76 valence electrons. The zero-order chi connectivity index (χ0) is 9.68. The van der Waals surface area contributed by atoms with Crippen molar-refractivity contribution in [3.8, 4) is 0 Å². The van der Waals surface area contributed by atoms with Crippen molar-refractivity contribution in [2.24, 2.45) is 0 Å². The fourth-order valence-corrected chi connectivity index (χ4v) is 1.95. The van der Waals surface area contributed by atoms with Gasteiger partial charge in [0, 0.05) is 25.5 Å².